The third-order valence-corrected chi connectivity index (χ3v) is 3.73. The highest BCUT2D eigenvalue weighted by Crippen LogP contribution is 2.20. The van der Waals surface area contributed by atoms with E-state index in [1.54, 1.807) is 0 Å². The second-order valence-electron chi connectivity index (χ2n) is 5.28. The molecule has 20 heavy (non-hydrogen) atoms. The lowest BCUT2D eigenvalue weighted by Gasteiger charge is -2.27. The molecule has 1 aliphatic rings. The van der Waals surface area contributed by atoms with Gasteiger partial charge in [0, 0.05) is 18.9 Å². The zero-order chi connectivity index (χ0) is 13.8. The smallest absolute Gasteiger partial charge is 0.241 e. The summed E-state index contributed by atoms with van der Waals surface area (Å²) in [6.45, 7) is 5.40. The van der Waals surface area contributed by atoms with Crippen molar-refractivity contribution in [3.8, 4) is 0 Å². The third-order valence-electron chi connectivity index (χ3n) is 3.73. The third kappa shape index (κ3) is 4.20. The molecule has 0 saturated carbocycles. The van der Waals surface area contributed by atoms with Crippen LogP contribution in [0.4, 0.5) is 5.69 Å². The van der Waals surface area contributed by atoms with Gasteiger partial charge in [-0.2, -0.15) is 0 Å². The van der Waals surface area contributed by atoms with Crippen molar-refractivity contribution in [3.63, 3.8) is 0 Å². The number of aryl methyl sites for hydroxylation is 2. The Morgan fingerprint density at radius 3 is 2.65 bits per heavy atom. The highest BCUT2D eigenvalue weighted by atomic mass is 35.5. The number of amides is 1. The van der Waals surface area contributed by atoms with Crippen LogP contribution in [0.15, 0.2) is 18.2 Å². The minimum Gasteiger partial charge on any atom is -0.381 e. The summed E-state index contributed by atoms with van der Waals surface area (Å²) in [5.41, 5.74) is 9.09. The Labute approximate surface area is 126 Å². The van der Waals surface area contributed by atoms with E-state index >= 15 is 0 Å². The molecule has 0 aromatic heterocycles. The molecule has 0 bridgehead atoms. The maximum atomic E-state index is 12.2. The summed E-state index contributed by atoms with van der Waals surface area (Å²) < 4.78 is 5.30. The first-order chi connectivity index (χ1) is 9.08. The van der Waals surface area contributed by atoms with Crippen LogP contribution in [0.3, 0.4) is 0 Å². The second-order valence-corrected chi connectivity index (χ2v) is 5.28. The monoisotopic (exact) mass is 298 g/mol. The highest BCUT2D eigenvalue weighted by Gasteiger charge is 2.26. The molecular weight excluding hydrogens is 276 g/mol. The largest absolute Gasteiger partial charge is 0.381 e. The van der Waals surface area contributed by atoms with Crippen molar-refractivity contribution in [2.24, 2.45) is 11.7 Å². The van der Waals surface area contributed by atoms with Gasteiger partial charge in [-0.25, -0.2) is 0 Å². The number of carbonyl (C=O) groups excluding carboxylic acids is 1. The molecule has 1 unspecified atom stereocenters. The van der Waals surface area contributed by atoms with E-state index in [-0.39, 0.29) is 24.2 Å². The van der Waals surface area contributed by atoms with E-state index in [2.05, 4.69) is 5.32 Å². The summed E-state index contributed by atoms with van der Waals surface area (Å²) in [4.78, 5) is 12.2. The number of carbonyl (C=O) groups is 1. The van der Waals surface area contributed by atoms with E-state index in [4.69, 9.17) is 10.5 Å². The number of halogens is 1. The van der Waals surface area contributed by atoms with Crippen molar-refractivity contribution >= 4 is 24.0 Å². The molecule has 1 aromatic carbocycles. The Hall–Kier alpha value is -1.10. The molecule has 3 N–H and O–H groups in total. The van der Waals surface area contributed by atoms with E-state index in [1.165, 1.54) is 0 Å². The second kappa shape index (κ2) is 7.62. The average Bonchev–Trinajstić information content (AvgIpc) is 2.43. The lowest BCUT2D eigenvalue weighted by Crippen LogP contribution is -2.44. The molecule has 1 aromatic rings. The Morgan fingerprint density at radius 2 is 2.00 bits per heavy atom. The molecule has 0 spiro atoms. The molecule has 1 amide bonds. The van der Waals surface area contributed by atoms with Gasteiger partial charge in [-0.15, -0.1) is 12.4 Å². The molecule has 1 aliphatic heterocycles. The number of benzene rings is 1. The molecule has 0 radical (unpaired) electrons. The first-order valence-electron chi connectivity index (χ1n) is 6.79. The van der Waals surface area contributed by atoms with Crippen LogP contribution in [-0.4, -0.2) is 25.2 Å². The number of anilines is 1. The summed E-state index contributed by atoms with van der Waals surface area (Å²) in [6, 6.07) is 5.56. The quantitative estimate of drug-likeness (QED) is 0.901. The average molecular weight is 299 g/mol. The van der Waals surface area contributed by atoms with E-state index in [0.717, 1.165) is 29.7 Å². The van der Waals surface area contributed by atoms with Crippen molar-refractivity contribution in [2.75, 3.05) is 18.5 Å². The lowest BCUT2D eigenvalue weighted by atomic mass is 9.92. The van der Waals surface area contributed by atoms with Gasteiger partial charge in [0.25, 0.3) is 0 Å². The summed E-state index contributed by atoms with van der Waals surface area (Å²) >= 11 is 0. The molecule has 1 heterocycles. The fourth-order valence-corrected chi connectivity index (χ4v) is 2.38. The van der Waals surface area contributed by atoms with Gasteiger partial charge in [-0.1, -0.05) is 12.1 Å². The van der Waals surface area contributed by atoms with Crippen LogP contribution in [0.5, 0.6) is 0 Å². The fraction of sp³-hybridized carbons (Fsp3) is 0.533. The summed E-state index contributed by atoms with van der Waals surface area (Å²) in [6.07, 6.45) is 1.72. The van der Waals surface area contributed by atoms with E-state index in [0.29, 0.717) is 13.2 Å². The van der Waals surface area contributed by atoms with Crippen molar-refractivity contribution < 1.29 is 9.53 Å². The highest BCUT2D eigenvalue weighted by molar-refractivity contribution is 5.95. The lowest BCUT2D eigenvalue weighted by molar-refractivity contribution is -0.119. The molecule has 112 valence electrons. The van der Waals surface area contributed by atoms with Gasteiger partial charge >= 0.3 is 0 Å². The maximum absolute atomic E-state index is 12.2. The summed E-state index contributed by atoms with van der Waals surface area (Å²) in [7, 11) is 0. The SMILES string of the molecule is Cc1ccc(C)c(NC(=O)C(N)C2CCOCC2)c1.Cl. The number of nitrogens with one attached hydrogen (secondary N) is 1. The van der Waals surface area contributed by atoms with E-state index in [9.17, 15) is 4.79 Å². The molecule has 2 rings (SSSR count). The van der Waals surface area contributed by atoms with Gasteiger partial charge in [0.1, 0.15) is 0 Å². The molecule has 1 fully saturated rings. The molecule has 5 heteroatoms. The standard InChI is InChI=1S/C15H22N2O2.ClH/c1-10-3-4-11(2)13(9-10)17-15(18)14(16)12-5-7-19-8-6-12;/h3-4,9,12,14H,5-8,16H2,1-2H3,(H,17,18);1H. The summed E-state index contributed by atoms with van der Waals surface area (Å²) in [5, 5.41) is 2.94. The Balaban J connectivity index is 0.00000200. The first-order valence-corrected chi connectivity index (χ1v) is 6.79. The van der Waals surface area contributed by atoms with Gasteiger partial charge in [0.2, 0.25) is 5.91 Å². The number of hydrogen-bond donors (Lipinski definition) is 2. The van der Waals surface area contributed by atoms with Crippen molar-refractivity contribution in [1.29, 1.82) is 0 Å². The fourth-order valence-electron chi connectivity index (χ4n) is 2.38. The van der Waals surface area contributed by atoms with Crippen LogP contribution in [-0.2, 0) is 9.53 Å². The normalized spacial score (nSPS) is 17.1. The van der Waals surface area contributed by atoms with Crippen LogP contribution in [0.25, 0.3) is 0 Å². The predicted molar refractivity (Wildman–Crippen MR) is 83.3 cm³/mol. The number of nitrogens with two attached hydrogens (primary N) is 1. The zero-order valence-electron chi connectivity index (χ0n) is 12.0. The molecule has 1 saturated heterocycles. The van der Waals surface area contributed by atoms with Crippen LogP contribution in [0.2, 0.25) is 0 Å². The topological polar surface area (TPSA) is 64.4 Å². The number of rotatable bonds is 3. The summed E-state index contributed by atoms with van der Waals surface area (Å²) in [5.74, 6) is 0.125. The molecule has 0 aliphatic carbocycles. The number of hydrogen-bond acceptors (Lipinski definition) is 3. The minimum atomic E-state index is -0.455. The molecule has 1 atom stereocenters. The van der Waals surface area contributed by atoms with Gasteiger partial charge in [0.05, 0.1) is 6.04 Å². The van der Waals surface area contributed by atoms with Crippen LogP contribution in [0.1, 0.15) is 24.0 Å². The number of ether oxygens (including phenoxy) is 1. The van der Waals surface area contributed by atoms with Gasteiger partial charge in [-0.3, -0.25) is 4.79 Å². The van der Waals surface area contributed by atoms with Gasteiger partial charge in [0.15, 0.2) is 0 Å². The predicted octanol–water partition coefficient (Wildman–Crippen LogP) is 2.42. The van der Waals surface area contributed by atoms with Crippen molar-refractivity contribution in [3.05, 3.63) is 29.3 Å². The van der Waals surface area contributed by atoms with Gasteiger partial charge < -0.3 is 15.8 Å². The van der Waals surface area contributed by atoms with Crippen LogP contribution in [0, 0.1) is 19.8 Å². The first kappa shape index (κ1) is 17.0. The molecular formula is C15H23ClN2O2. The van der Waals surface area contributed by atoms with Gasteiger partial charge in [-0.05, 0) is 49.8 Å². The Kier molecular flexibility index (Phi) is 6.46. The minimum absolute atomic E-state index is 0. The van der Waals surface area contributed by atoms with Crippen molar-refractivity contribution in [1.82, 2.24) is 0 Å². The Bertz CT molecular complexity index is 459. The van der Waals surface area contributed by atoms with E-state index < -0.39 is 6.04 Å². The zero-order valence-corrected chi connectivity index (χ0v) is 12.8. The maximum Gasteiger partial charge on any atom is 0.241 e. The van der Waals surface area contributed by atoms with Crippen LogP contribution < -0.4 is 11.1 Å². The van der Waals surface area contributed by atoms with Crippen molar-refractivity contribution in [2.45, 2.75) is 32.7 Å². The Morgan fingerprint density at radius 1 is 1.35 bits per heavy atom. The van der Waals surface area contributed by atoms with Crippen LogP contribution >= 0.6 is 12.4 Å². The molecule has 4 nitrogen and oxygen atoms in total. The van der Waals surface area contributed by atoms with E-state index in [1.807, 2.05) is 32.0 Å².